The van der Waals surface area contributed by atoms with Gasteiger partial charge >= 0.3 is 0 Å². The second-order valence-corrected chi connectivity index (χ2v) is 7.64. The third-order valence-electron chi connectivity index (χ3n) is 5.22. The zero-order chi connectivity index (χ0) is 19.1. The summed E-state index contributed by atoms with van der Waals surface area (Å²) in [5.41, 5.74) is 2.34. The summed E-state index contributed by atoms with van der Waals surface area (Å²) in [5.74, 6) is 0.0158. The van der Waals surface area contributed by atoms with Gasteiger partial charge in [0.2, 0.25) is 11.8 Å². The van der Waals surface area contributed by atoms with E-state index in [2.05, 4.69) is 29.3 Å². The molecule has 27 heavy (non-hydrogen) atoms. The Hall–Kier alpha value is -1.92. The van der Waals surface area contributed by atoms with Gasteiger partial charge in [0.1, 0.15) is 0 Å². The monoisotopic (exact) mass is 373 g/mol. The average molecular weight is 373 g/mol. The van der Waals surface area contributed by atoms with Crippen LogP contribution < -0.4 is 5.32 Å². The predicted octanol–water partition coefficient (Wildman–Crippen LogP) is 1.93. The maximum absolute atomic E-state index is 12.3. The molecular formula is C21H31N3O3. The van der Waals surface area contributed by atoms with Crippen LogP contribution in [0.15, 0.2) is 24.3 Å². The van der Waals surface area contributed by atoms with Crippen LogP contribution in [-0.4, -0.2) is 60.5 Å². The maximum atomic E-state index is 12.3. The van der Waals surface area contributed by atoms with Gasteiger partial charge in [-0.2, -0.15) is 0 Å². The lowest BCUT2D eigenvalue weighted by Gasteiger charge is -2.31. The molecule has 1 aromatic rings. The Morgan fingerprint density at radius 3 is 2.93 bits per heavy atom. The minimum atomic E-state index is -0.0855. The molecule has 3 rings (SSSR count). The van der Waals surface area contributed by atoms with Crippen LogP contribution in [0.1, 0.15) is 43.7 Å². The van der Waals surface area contributed by atoms with Gasteiger partial charge in [0.25, 0.3) is 0 Å². The fraction of sp³-hybridized carbons (Fsp3) is 0.619. The molecule has 6 nitrogen and oxygen atoms in total. The second kappa shape index (κ2) is 9.85. The molecule has 0 radical (unpaired) electrons. The smallest absolute Gasteiger partial charge is 0.239 e. The van der Waals surface area contributed by atoms with Gasteiger partial charge in [0.05, 0.1) is 19.3 Å². The van der Waals surface area contributed by atoms with Gasteiger partial charge in [-0.1, -0.05) is 30.7 Å². The van der Waals surface area contributed by atoms with Crippen molar-refractivity contribution in [2.45, 2.75) is 51.8 Å². The number of benzene rings is 1. The highest BCUT2D eigenvalue weighted by Gasteiger charge is 2.19. The zero-order valence-corrected chi connectivity index (χ0v) is 16.3. The summed E-state index contributed by atoms with van der Waals surface area (Å²) in [5, 5.41) is 2.96. The SMILES string of the molecule is C[C@@H]1CN(Cc2cccc(CNC(=O)CN3CCCCCC3=O)c2)CCO1. The Kier molecular flexibility index (Phi) is 7.24. The van der Waals surface area contributed by atoms with Crippen molar-refractivity contribution in [2.24, 2.45) is 0 Å². The summed E-state index contributed by atoms with van der Waals surface area (Å²) >= 11 is 0. The lowest BCUT2D eigenvalue weighted by atomic mass is 10.1. The van der Waals surface area contributed by atoms with E-state index in [4.69, 9.17) is 4.74 Å². The molecule has 1 atom stereocenters. The third-order valence-corrected chi connectivity index (χ3v) is 5.22. The third kappa shape index (κ3) is 6.33. The molecule has 0 aromatic heterocycles. The number of rotatable bonds is 6. The number of hydrogen-bond acceptors (Lipinski definition) is 4. The highest BCUT2D eigenvalue weighted by atomic mass is 16.5. The minimum absolute atomic E-state index is 0.0855. The Morgan fingerprint density at radius 2 is 2.07 bits per heavy atom. The number of carbonyl (C=O) groups is 2. The first-order chi connectivity index (χ1) is 13.1. The Bertz CT molecular complexity index is 649. The largest absolute Gasteiger partial charge is 0.376 e. The normalized spacial score (nSPS) is 21.7. The second-order valence-electron chi connectivity index (χ2n) is 7.64. The van der Waals surface area contributed by atoms with E-state index in [0.717, 1.165) is 51.1 Å². The highest BCUT2D eigenvalue weighted by Crippen LogP contribution is 2.13. The Morgan fingerprint density at radius 1 is 1.22 bits per heavy atom. The molecule has 2 fully saturated rings. The molecule has 2 aliphatic heterocycles. The van der Waals surface area contributed by atoms with Crippen molar-refractivity contribution in [3.05, 3.63) is 35.4 Å². The average Bonchev–Trinajstić information content (AvgIpc) is 2.85. The van der Waals surface area contributed by atoms with E-state index in [-0.39, 0.29) is 24.5 Å². The van der Waals surface area contributed by atoms with Gasteiger partial charge in [-0.3, -0.25) is 14.5 Å². The number of hydrogen-bond donors (Lipinski definition) is 1. The van der Waals surface area contributed by atoms with Gasteiger partial charge in [-0.15, -0.1) is 0 Å². The fourth-order valence-electron chi connectivity index (χ4n) is 3.77. The van der Waals surface area contributed by atoms with Crippen LogP contribution in [0.4, 0.5) is 0 Å². The maximum Gasteiger partial charge on any atom is 0.239 e. The first-order valence-electron chi connectivity index (χ1n) is 10.1. The lowest BCUT2D eigenvalue weighted by Crippen LogP contribution is -2.40. The summed E-state index contributed by atoms with van der Waals surface area (Å²) < 4.78 is 5.59. The minimum Gasteiger partial charge on any atom is -0.376 e. The number of amides is 2. The van der Waals surface area contributed by atoms with Gasteiger partial charge in [0.15, 0.2) is 0 Å². The van der Waals surface area contributed by atoms with E-state index in [1.807, 2.05) is 12.1 Å². The number of morpholine rings is 1. The van der Waals surface area contributed by atoms with Crippen LogP contribution >= 0.6 is 0 Å². The summed E-state index contributed by atoms with van der Waals surface area (Å²) in [6.45, 7) is 7.05. The Balaban J connectivity index is 1.47. The van der Waals surface area contributed by atoms with Gasteiger partial charge < -0.3 is 15.0 Å². The number of nitrogens with zero attached hydrogens (tertiary/aromatic N) is 2. The molecule has 6 heteroatoms. The number of likely N-dealkylation sites (tertiary alicyclic amines) is 1. The zero-order valence-electron chi connectivity index (χ0n) is 16.3. The molecule has 0 unspecified atom stereocenters. The molecule has 0 spiro atoms. The van der Waals surface area contributed by atoms with E-state index < -0.39 is 0 Å². The van der Waals surface area contributed by atoms with Crippen molar-refractivity contribution >= 4 is 11.8 Å². The van der Waals surface area contributed by atoms with Crippen LogP contribution in [-0.2, 0) is 27.4 Å². The van der Waals surface area contributed by atoms with Gasteiger partial charge in [-0.05, 0) is 30.9 Å². The standard InChI is InChI=1S/C21H31N3O3/c1-17-14-23(10-11-27-17)15-19-7-5-6-18(12-19)13-22-20(25)16-24-9-4-2-3-8-21(24)26/h5-7,12,17H,2-4,8-11,13-16H2,1H3,(H,22,25)/t17-/m1/s1. The van der Waals surface area contributed by atoms with Crippen LogP contribution in [0.2, 0.25) is 0 Å². The molecule has 2 heterocycles. The fourth-order valence-corrected chi connectivity index (χ4v) is 3.77. The van der Waals surface area contributed by atoms with Crippen molar-refractivity contribution in [2.75, 3.05) is 32.8 Å². The number of ether oxygens (including phenoxy) is 1. The van der Waals surface area contributed by atoms with E-state index in [1.54, 1.807) is 4.90 Å². The van der Waals surface area contributed by atoms with E-state index in [1.165, 1.54) is 5.56 Å². The molecule has 1 N–H and O–H groups in total. The number of carbonyl (C=O) groups excluding carboxylic acids is 2. The van der Waals surface area contributed by atoms with E-state index >= 15 is 0 Å². The van der Waals surface area contributed by atoms with E-state index in [0.29, 0.717) is 19.5 Å². The number of nitrogens with one attached hydrogen (secondary N) is 1. The first kappa shape index (κ1) is 19.8. The molecular weight excluding hydrogens is 342 g/mol. The van der Waals surface area contributed by atoms with E-state index in [9.17, 15) is 9.59 Å². The van der Waals surface area contributed by atoms with Crippen molar-refractivity contribution in [1.29, 1.82) is 0 Å². The molecule has 0 bridgehead atoms. The summed E-state index contributed by atoms with van der Waals surface area (Å²) in [7, 11) is 0. The van der Waals surface area contributed by atoms with Crippen molar-refractivity contribution in [1.82, 2.24) is 15.1 Å². The molecule has 0 aliphatic carbocycles. The lowest BCUT2D eigenvalue weighted by molar-refractivity contribution is -0.135. The molecule has 0 saturated carbocycles. The van der Waals surface area contributed by atoms with Crippen molar-refractivity contribution in [3.8, 4) is 0 Å². The van der Waals surface area contributed by atoms with Crippen LogP contribution in [0.3, 0.4) is 0 Å². The Labute approximate surface area is 161 Å². The molecule has 148 valence electrons. The van der Waals surface area contributed by atoms with Gasteiger partial charge in [-0.25, -0.2) is 0 Å². The molecule has 2 aliphatic rings. The van der Waals surface area contributed by atoms with Crippen LogP contribution in [0, 0.1) is 0 Å². The molecule has 1 aromatic carbocycles. The summed E-state index contributed by atoms with van der Waals surface area (Å²) in [6, 6.07) is 8.35. The van der Waals surface area contributed by atoms with Crippen molar-refractivity contribution in [3.63, 3.8) is 0 Å². The van der Waals surface area contributed by atoms with Crippen molar-refractivity contribution < 1.29 is 14.3 Å². The van der Waals surface area contributed by atoms with Gasteiger partial charge in [0, 0.05) is 39.1 Å². The highest BCUT2D eigenvalue weighted by molar-refractivity contribution is 5.84. The van der Waals surface area contributed by atoms with Crippen LogP contribution in [0.5, 0.6) is 0 Å². The quantitative estimate of drug-likeness (QED) is 0.828. The predicted molar refractivity (Wildman–Crippen MR) is 104 cm³/mol. The molecule has 2 amide bonds. The molecule has 2 saturated heterocycles. The first-order valence-corrected chi connectivity index (χ1v) is 10.1. The van der Waals surface area contributed by atoms with Crippen LogP contribution in [0.25, 0.3) is 0 Å². The topological polar surface area (TPSA) is 61.9 Å². The summed E-state index contributed by atoms with van der Waals surface area (Å²) in [4.78, 5) is 28.4. The summed E-state index contributed by atoms with van der Waals surface area (Å²) in [6.07, 6.45) is 3.84.